The van der Waals surface area contributed by atoms with Crippen molar-refractivity contribution in [2.45, 2.75) is 18.6 Å². The van der Waals surface area contributed by atoms with Crippen LogP contribution < -0.4 is 5.11 Å². The van der Waals surface area contributed by atoms with Crippen molar-refractivity contribution in [3.05, 3.63) is 0 Å². The van der Waals surface area contributed by atoms with E-state index >= 15 is 0 Å². The Balaban J connectivity index is 3.92. The normalized spacial score (nSPS) is 15.2. The third-order valence-corrected chi connectivity index (χ3v) is 1.25. The van der Waals surface area contributed by atoms with E-state index in [2.05, 4.69) is 0 Å². The molecule has 70 valence electrons. The molecule has 0 saturated heterocycles. The molecule has 0 aromatic rings. The fourth-order valence-electron chi connectivity index (χ4n) is 0.531. The largest absolute Gasteiger partial charge is 0.542 e. The third kappa shape index (κ3) is 3.42. The topological polar surface area (TPSA) is 118 Å². The number of carboxylic acid groups (broad SMARTS) is 1. The number of aliphatic carboxylic acids is 1. The molecule has 2 atom stereocenters. The van der Waals surface area contributed by atoms with Crippen LogP contribution >= 0.6 is 0 Å². The lowest BCUT2D eigenvalue weighted by molar-refractivity contribution is -0.300. The number of aliphatic hydroxyl groups excluding tert-OH is 3. The van der Waals surface area contributed by atoms with Gasteiger partial charge in [0.05, 0.1) is 12.7 Å². The first kappa shape index (κ1) is 11.0. The number of Topliss-reactive ketones (excluding diaryl/α,β-unsaturated/α-hetero) is 1. The number of aliphatic hydroxyl groups is 3. The molecule has 0 spiro atoms. The van der Waals surface area contributed by atoms with Crippen LogP contribution in [0.5, 0.6) is 0 Å². The van der Waals surface area contributed by atoms with Gasteiger partial charge >= 0.3 is 0 Å². The molecule has 0 aromatic carbocycles. The lowest BCUT2D eigenvalue weighted by Crippen LogP contribution is -2.38. The number of hydrogen-bond donors (Lipinski definition) is 3. The van der Waals surface area contributed by atoms with Crippen LogP contribution in [-0.4, -0.2) is 45.9 Å². The highest BCUT2D eigenvalue weighted by Crippen LogP contribution is 1.98. The van der Waals surface area contributed by atoms with Gasteiger partial charge in [0.2, 0.25) is 0 Å². The average molecular weight is 177 g/mol. The second-order valence-corrected chi connectivity index (χ2v) is 2.23. The van der Waals surface area contributed by atoms with Crippen molar-refractivity contribution in [1.82, 2.24) is 0 Å². The number of ketones is 1. The standard InChI is InChI=1S/C6H10O6/c7-2-5(10)3(8)1-4(9)6(11)12/h3,5,7-8,10H,1-2H2,(H,11,12)/p-1/t3-,5-/m0/s1. The van der Waals surface area contributed by atoms with E-state index in [0.29, 0.717) is 0 Å². The van der Waals surface area contributed by atoms with Gasteiger partial charge in [0.15, 0.2) is 5.78 Å². The lowest BCUT2D eigenvalue weighted by Gasteiger charge is -2.14. The second-order valence-electron chi connectivity index (χ2n) is 2.23. The summed E-state index contributed by atoms with van der Waals surface area (Å²) in [4.78, 5) is 20.2. The molecule has 0 radical (unpaired) electrons. The zero-order chi connectivity index (χ0) is 9.72. The van der Waals surface area contributed by atoms with Gasteiger partial charge in [-0.3, -0.25) is 4.79 Å². The van der Waals surface area contributed by atoms with Gasteiger partial charge < -0.3 is 25.2 Å². The molecule has 6 nitrogen and oxygen atoms in total. The summed E-state index contributed by atoms with van der Waals surface area (Å²) in [7, 11) is 0. The van der Waals surface area contributed by atoms with Gasteiger partial charge in [-0.15, -0.1) is 0 Å². The van der Waals surface area contributed by atoms with Gasteiger partial charge in [0.1, 0.15) is 12.1 Å². The quantitative estimate of drug-likeness (QED) is 0.373. The number of rotatable bonds is 5. The van der Waals surface area contributed by atoms with Crippen molar-refractivity contribution in [3.8, 4) is 0 Å². The van der Waals surface area contributed by atoms with Crippen molar-refractivity contribution in [3.63, 3.8) is 0 Å². The molecule has 3 N–H and O–H groups in total. The highest BCUT2D eigenvalue weighted by Gasteiger charge is 2.18. The molecule has 0 unspecified atom stereocenters. The highest BCUT2D eigenvalue weighted by atomic mass is 16.4. The molecule has 0 saturated carbocycles. The highest BCUT2D eigenvalue weighted by molar-refractivity contribution is 6.31. The number of carbonyl (C=O) groups is 2. The second kappa shape index (κ2) is 4.81. The summed E-state index contributed by atoms with van der Waals surface area (Å²) in [6, 6.07) is 0. The Labute approximate surface area is 68.1 Å². The van der Waals surface area contributed by atoms with Gasteiger partial charge in [-0.1, -0.05) is 0 Å². The fraction of sp³-hybridized carbons (Fsp3) is 0.667. The van der Waals surface area contributed by atoms with Gasteiger partial charge in [0, 0.05) is 6.42 Å². The number of carboxylic acids is 1. The smallest absolute Gasteiger partial charge is 0.180 e. The molecule has 0 amide bonds. The minimum absolute atomic E-state index is 0.735. The Morgan fingerprint density at radius 1 is 1.25 bits per heavy atom. The minimum atomic E-state index is -1.92. The Bertz CT molecular complexity index is 177. The molecule has 0 aliphatic rings. The molecule has 6 heteroatoms. The van der Waals surface area contributed by atoms with Crippen LogP contribution in [0.1, 0.15) is 6.42 Å². The number of hydrogen-bond acceptors (Lipinski definition) is 6. The molecule has 0 aromatic heterocycles. The first-order valence-electron chi connectivity index (χ1n) is 3.20. The maximum absolute atomic E-state index is 10.4. The molecule has 0 fully saturated rings. The Hall–Kier alpha value is -0.980. The van der Waals surface area contributed by atoms with E-state index in [9.17, 15) is 14.7 Å². The molecule has 0 bridgehead atoms. The van der Waals surface area contributed by atoms with Crippen LogP contribution in [-0.2, 0) is 9.59 Å². The van der Waals surface area contributed by atoms with Crippen molar-refractivity contribution in [2.24, 2.45) is 0 Å². The molecule has 12 heavy (non-hydrogen) atoms. The lowest BCUT2D eigenvalue weighted by atomic mass is 10.1. The van der Waals surface area contributed by atoms with E-state index in [0.717, 1.165) is 0 Å². The Morgan fingerprint density at radius 2 is 1.75 bits per heavy atom. The predicted molar refractivity (Wildman–Crippen MR) is 33.7 cm³/mol. The zero-order valence-corrected chi connectivity index (χ0v) is 6.14. The van der Waals surface area contributed by atoms with Gasteiger partial charge in [-0.25, -0.2) is 0 Å². The van der Waals surface area contributed by atoms with Crippen LogP contribution in [0.25, 0.3) is 0 Å². The van der Waals surface area contributed by atoms with Crippen molar-refractivity contribution < 1.29 is 30.0 Å². The van der Waals surface area contributed by atoms with Crippen molar-refractivity contribution in [2.75, 3.05) is 6.61 Å². The Morgan fingerprint density at radius 3 is 2.08 bits per heavy atom. The summed E-state index contributed by atoms with van der Waals surface area (Å²) in [5.74, 6) is -3.23. The molecular formula is C6H9O6-. The molecule has 0 aliphatic carbocycles. The SMILES string of the molecule is O=C([O-])C(=O)C[C@H](O)[C@@H](O)CO. The molecule has 0 aliphatic heterocycles. The van der Waals surface area contributed by atoms with E-state index < -0.39 is 37.0 Å². The van der Waals surface area contributed by atoms with E-state index in [4.69, 9.17) is 15.3 Å². The summed E-state index contributed by atoms with van der Waals surface area (Å²) in [5.41, 5.74) is 0. The molecule has 0 heterocycles. The van der Waals surface area contributed by atoms with Crippen molar-refractivity contribution >= 4 is 11.8 Å². The first-order valence-corrected chi connectivity index (χ1v) is 3.20. The summed E-state index contributed by atoms with van der Waals surface area (Å²) in [5, 5.41) is 35.6. The summed E-state index contributed by atoms with van der Waals surface area (Å²) in [6.45, 7) is -0.735. The van der Waals surface area contributed by atoms with E-state index in [1.54, 1.807) is 0 Å². The summed E-state index contributed by atoms with van der Waals surface area (Å²) < 4.78 is 0. The van der Waals surface area contributed by atoms with E-state index in [1.165, 1.54) is 0 Å². The van der Waals surface area contributed by atoms with Crippen LogP contribution in [0.15, 0.2) is 0 Å². The van der Waals surface area contributed by atoms with Crippen LogP contribution in [0, 0.1) is 0 Å². The Kier molecular flexibility index (Phi) is 4.42. The van der Waals surface area contributed by atoms with Gasteiger partial charge in [-0.2, -0.15) is 0 Å². The minimum Gasteiger partial charge on any atom is -0.542 e. The summed E-state index contributed by atoms with van der Waals surface area (Å²) >= 11 is 0. The van der Waals surface area contributed by atoms with Crippen LogP contribution in [0.4, 0.5) is 0 Å². The number of carbonyl (C=O) groups excluding carboxylic acids is 2. The monoisotopic (exact) mass is 177 g/mol. The first-order chi connectivity index (χ1) is 5.49. The summed E-state index contributed by atoms with van der Waals surface area (Å²) in [6.07, 6.45) is -3.84. The molecule has 0 rings (SSSR count). The predicted octanol–water partition coefficient (Wildman–Crippen LogP) is -3.59. The van der Waals surface area contributed by atoms with Crippen LogP contribution in [0.2, 0.25) is 0 Å². The third-order valence-electron chi connectivity index (χ3n) is 1.25. The van der Waals surface area contributed by atoms with Crippen molar-refractivity contribution in [1.29, 1.82) is 0 Å². The maximum Gasteiger partial charge on any atom is 0.180 e. The van der Waals surface area contributed by atoms with Gasteiger partial charge in [0.25, 0.3) is 0 Å². The average Bonchev–Trinajstić information content (AvgIpc) is 2.02. The van der Waals surface area contributed by atoms with E-state index in [1.807, 2.05) is 0 Å². The van der Waals surface area contributed by atoms with E-state index in [-0.39, 0.29) is 0 Å². The fourth-order valence-corrected chi connectivity index (χ4v) is 0.531. The zero-order valence-electron chi connectivity index (χ0n) is 6.14. The molecular weight excluding hydrogens is 168 g/mol. The van der Waals surface area contributed by atoms with Crippen LogP contribution in [0.3, 0.4) is 0 Å². The van der Waals surface area contributed by atoms with Gasteiger partial charge in [-0.05, 0) is 0 Å². The maximum atomic E-state index is 10.4.